The van der Waals surface area contributed by atoms with Crippen molar-refractivity contribution in [1.82, 2.24) is 19.5 Å². The van der Waals surface area contributed by atoms with E-state index in [0.29, 0.717) is 5.95 Å². The summed E-state index contributed by atoms with van der Waals surface area (Å²) >= 11 is 0. The maximum absolute atomic E-state index is 6.25. The van der Waals surface area contributed by atoms with Crippen LogP contribution in [0.25, 0.3) is 38.9 Å². The summed E-state index contributed by atoms with van der Waals surface area (Å²) in [6.07, 6.45) is 3.58. The first-order valence-electron chi connectivity index (χ1n) is 8.35. The molecule has 3 aromatic heterocycles. The molecule has 0 amide bonds. The first-order chi connectivity index (χ1) is 12.8. The summed E-state index contributed by atoms with van der Waals surface area (Å²) in [4.78, 5) is 13.8. The lowest BCUT2D eigenvalue weighted by Crippen LogP contribution is -2.00. The Balaban J connectivity index is 1.83. The van der Waals surface area contributed by atoms with Crippen LogP contribution in [-0.2, 0) is 0 Å². The van der Waals surface area contributed by atoms with Gasteiger partial charge in [-0.05, 0) is 29.7 Å². The number of hydrogen-bond donors (Lipinski definition) is 1. The van der Waals surface area contributed by atoms with Crippen LogP contribution in [0.1, 0.15) is 0 Å². The summed E-state index contributed by atoms with van der Waals surface area (Å²) in [7, 11) is 0. The molecule has 0 bridgehead atoms. The number of anilines is 1. The van der Waals surface area contributed by atoms with Crippen LogP contribution >= 0.6 is 0 Å². The lowest BCUT2D eigenvalue weighted by molar-refractivity contribution is 1.11. The summed E-state index contributed by atoms with van der Waals surface area (Å²) in [5, 5.41) is 2.16. The van der Waals surface area contributed by atoms with Gasteiger partial charge in [-0.3, -0.25) is 14.5 Å². The average Bonchev–Trinajstić information content (AvgIpc) is 3.04. The van der Waals surface area contributed by atoms with E-state index in [4.69, 9.17) is 5.73 Å². The van der Waals surface area contributed by atoms with Gasteiger partial charge in [0, 0.05) is 23.5 Å². The van der Waals surface area contributed by atoms with Gasteiger partial charge in [-0.15, -0.1) is 0 Å². The number of nitrogens with two attached hydrogens (primary N) is 1. The van der Waals surface area contributed by atoms with Crippen molar-refractivity contribution < 1.29 is 0 Å². The van der Waals surface area contributed by atoms with Gasteiger partial charge in [0.1, 0.15) is 11.2 Å². The van der Waals surface area contributed by atoms with Crippen LogP contribution in [-0.4, -0.2) is 19.5 Å². The molecule has 2 aromatic carbocycles. The van der Waals surface area contributed by atoms with Crippen LogP contribution in [0.4, 0.5) is 5.95 Å². The highest BCUT2D eigenvalue weighted by atomic mass is 15.2. The Morgan fingerprint density at radius 1 is 0.731 bits per heavy atom. The summed E-state index contributed by atoms with van der Waals surface area (Å²) < 4.78 is 1.94. The van der Waals surface area contributed by atoms with Crippen molar-refractivity contribution in [3.8, 4) is 17.1 Å². The number of nitrogens with zero attached hydrogens (tertiary/aromatic N) is 4. The third kappa shape index (κ3) is 2.14. The third-order valence-electron chi connectivity index (χ3n) is 4.51. The lowest BCUT2D eigenvalue weighted by Gasteiger charge is -2.07. The van der Waals surface area contributed by atoms with E-state index >= 15 is 0 Å². The fourth-order valence-corrected chi connectivity index (χ4v) is 3.35. The van der Waals surface area contributed by atoms with Crippen LogP contribution in [0.15, 0.2) is 79.1 Å². The highest BCUT2D eigenvalue weighted by Crippen LogP contribution is 2.32. The van der Waals surface area contributed by atoms with Gasteiger partial charge in [0.2, 0.25) is 5.95 Å². The molecule has 0 spiro atoms. The number of pyridine rings is 2. The summed E-state index contributed by atoms with van der Waals surface area (Å²) in [6.45, 7) is 0. The predicted octanol–water partition coefficient (Wildman–Crippen LogP) is 4.22. The Labute approximate surface area is 149 Å². The minimum Gasteiger partial charge on any atom is -0.369 e. The van der Waals surface area contributed by atoms with Gasteiger partial charge in [-0.25, -0.2) is 4.98 Å². The van der Waals surface area contributed by atoms with E-state index in [0.717, 1.165) is 38.9 Å². The molecule has 2 N–H and O–H groups in total. The van der Waals surface area contributed by atoms with E-state index < -0.39 is 0 Å². The van der Waals surface area contributed by atoms with Gasteiger partial charge >= 0.3 is 0 Å². The molecule has 0 unspecified atom stereocenters. The molecule has 5 heteroatoms. The average molecular weight is 337 g/mol. The van der Waals surface area contributed by atoms with E-state index in [9.17, 15) is 0 Å². The quantitative estimate of drug-likeness (QED) is 0.524. The first kappa shape index (κ1) is 14.6. The van der Waals surface area contributed by atoms with Crippen LogP contribution in [0.5, 0.6) is 0 Å². The lowest BCUT2D eigenvalue weighted by atomic mass is 10.1. The standard InChI is InChI=1S/C21H15N5/c22-21-25-19-17(26(21)15-7-2-1-3-8-15)11-13-24-20(19)18-16-9-5-4-6-14(16)10-12-23-18/h1-13H,(H2,22,25). The summed E-state index contributed by atoms with van der Waals surface area (Å²) in [5.41, 5.74) is 10.4. The minimum atomic E-state index is 0.431. The first-order valence-corrected chi connectivity index (χ1v) is 8.35. The zero-order valence-electron chi connectivity index (χ0n) is 13.9. The molecule has 3 heterocycles. The molecule has 0 fully saturated rings. The fraction of sp³-hybridized carbons (Fsp3) is 0. The normalized spacial score (nSPS) is 11.2. The molecule has 0 aliphatic carbocycles. The van der Waals surface area contributed by atoms with Crippen LogP contribution in [0.2, 0.25) is 0 Å². The monoisotopic (exact) mass is 337 g/mol. The van der Waals surface area contributed by atoms with Gasteiger partial charge in [-0.2, -0.15) is 0 Å². The van der Waals surface area contributed by atoms with Gasteiger partial charge < -0.3 is 5.73 Å². The predicted molar refractivity (Wildman–Crippen MR) is 104 cm³/mol. The Kier molecular flexibility index (Phi) is 3.18. The summed E-state index contributed by atoms with van der Waals surface area (Å²) in [5.74, 6) is 0.431. The molecule has 0 radical (unpaired) electrons. The third-order valence-corrected chi connectivity index (χ3v) is 4.51. The SMILES string of the molecule is Nc1nc2c(-c3nccc4ccccc34)nccc2n1-c1ccccc1. The number of para-hydroxylation sites is 1. The molecular formula is C21H15N5. The van der Waals surface area contributed by atoms with E-state index in [1.54, 1.807) is 12.4 Å². The number of aromatic nitrogens is 4. The van der Waals surface area contributed by atoms with Crippen molar-refractivity contribution in [1.29, 1.82) is 0 Å². The van der Waals surface area contributed by atoms with Crippen LogP contribution in [0.3, 0.4) is 0 Å². The number of nitrogen functional groups attached to an aromatic ring is 1. The van der Waals surface area contributed by atoms with Crippen molar-refractivity contribution in [3.05, 3.63) is 79.1 Å². The van der Waals surface area contributed by atoms with Crippen molar-refractivity contribution >= 4 is 27.8 Å². The minimum absolute atomic E-state index is 0.431. The zero-order valence-corrected chi connectivity index (χ0v) is 13.9. The van der Waals surface area contributed by atoms with Gasteiger partial charge in [-0.1, -0.05) is 42.5 Å². The van der Waals surface area contributed by atoms with E-state index in [-0.39, 0.29) is 0 Å². The van der Waals surface area contributed by atoms with Crippen molar-refractivity contribution in [2.75, 3.05) is 5.73 Å². The highest BCUT2D eigenvalue weighted by Gasteiger charge is 2.17. The van der Waals surface area contributed by atoms with Gasteiger partial charge in [0.15, 0.2) is 0 Å². The Bertz CT molecular complexity index is 1240. The second kappa shape index (κ2) is 5.67. The molecule has 5 rings (SSSR count). The molecule has 0 aliphatic heterocycles. The Morgan fingerprint density at radius 2 is 1.46 bits per heavy atom. The maximum atomic E-state index is 6.25. The van der Waals surface area contributed by atoms with E-state index in [1.807, 2.05) is 59.2 Å². The van der Waals surface area contributed by atoms with Crippen molar-refractivity contribution in [3.63, 3.8) is 0 Å². The van der Waals surface area contributed by atoms with Crippen LogP contribution < -0.4 is 5.73 Å². The molecule has 0 aliphatic rings. The fourth-order valence-electron chi connectivity index (χ4n) is 3.35. The second-order valence-electron chi connectivity index (χ2n) is 6.05. The van der Waals surface area contributed by atoms with Crippen molar-refractivity contribution in [2.45, 2.75) is 0 Å². The number of rotatable bonds is 2. The maximum Gasteiger partial charge on any atom is 0.206 e. The van der Waals surface area contributed by atoms with Crippen LogP contribution in [0, 0.1) is 0 Å². The molecule has 26 heavy (non-hydrogen) atoms. The Hall–Kier alpha value is -3.73. The van der Waals surface area contributed by atoms with E-state index in [1.165, 1.54) is 0 Å². The molecule has 5 nitrogen and oxygen atoms in total. The molecule has 0 saturated heterocycles. The number of benzene rings is 2. The van der Waals surface area contributed by atoms with Gasteiger partial charge in [0.25, 0.3) is 0 Å². The second-order valence-corrected chi connectivity index (χ2v) is 6.05. The van der Waals surface area contributed by atoms with E-state index in [2.05, 4.69) is 27.1 Å². The van der Waals surface area contributed by atoms with Crippen molar-refractivity contribution in [2.24, 2.45) is 0 Å². The van der Waals surface area contributed by atoms with Gasteiger partial charge in [0.05, 0.1) is 11.2 Å². The topological polar surface area (TPSA) is 69.6 Å². The number of fused-ring (bicyclic) bond motifs is 2. The largest absolute Gasteiger partial charge is 0.369 e. The molecular weight excluding hydrogens is 322 g/mol. The summed E-state index contributed by atoms with van der Waals surface area (Å²) in [6, 6.07) is 22.0. The highest BCUT2D eigenvalue weighted by molar-refractivity contribution is 6.00. The number of imidazole rings is 1. The zero-order chi connectivity index (χ0) is 17.5. The molecule has 5 aromatic rings. The molecule has 0 atom stereocenters. The molecule has 0 saturated carbocycles. The Morgan fingerprint density at radius 3 is 2.35 bits per heavy atom. The molecule has 124 valence electrons. The number of hydrogen-bond acceptors (Lipinski definition) is 4. The smallest absolute Gasteiger partial charge is 0.206 e.